The number of hydrogen-bond donors (Lipinski definition) is 0. The van der Waals surface area contributed by atoms with Crippen LogP contribution in [0.2, 0.25) is 0 Å². The molecule has 0 fully saturated rings. The van der Waals surface area contributed by atoms with E-state index in [1.54, 1.807) is 43.3 Å². The van der Waals surface area contributed by atoms with Gasteiger partial charge in [0, 0.05) is 11.6 Å². The Morgan fingerprint density at radius 1 is 0.438 bits per heavy atom. The Kier molecular flexibility index (Phi) is 33.8. The van der Waals surface area contributed by atoms with Crippen molar-refractivity contribution in [2.24, 2.45) is 0 Å². The van der Waals surface area contributed by atoms with Crippen molar-refractivity contribution in [2.75, 3.05) is 0 Å². The monoisotopic (exact) mass is 971 g/mol. The first kappa shape index (κ1) is 62.7. The summed E-state index contributed by atoms with van der Waals surface area (Å²) in [4.78, 5) is 21.8. The van der Waals surface area contributed by atoms with Gasteiger partial charge in [0.1, 0.15) is 11.5 Å². The molecule has 0 unspecified atom stereocenters. The van der Waals surface area contributed by atoms with E-state index in [2.05, 4.69) is 176 Å². The Hall–Kier alpha value is -8.34. The van der Waals surface area contributed by atoms with Gasteiger partial charge in [-0.2, -0.15) is 0 Å². The number of aryl methyl sites for hydroxylation is 8. The van der Waals surface area contributed by atoms with Crippen LogP contribution in [-0.4, -0.2) is 11.9 Å². The van der Waals surface area contributed by atoms with E-state index in [4.69, 9.17) is 9.47 Å². The molecule has 6 rings (SSSR count). The van der Waals surface area contributed by atoms with E-state index in [9.17, 15) is 9.59 Å². The van der Waals surface area contributed by atoms with E-state index < -0.39 is 5.97 Å². The number of rotatable bonds is 16. The topological polar surface area (TPSA) is 52.6 Å². The van der Waals surface area contributed by atoms with Gasteiger partial charge in [0.15, 0.2) is 0 Å². The lowest BCUT2D eigenvalue weighted by Gasteiger charge is -2.02. The predicted molar refractivity (Wildman–Crippen MR) is 317 cm³/mol. The van der Waals surface area contributed by atoms with E-state index in [1.807, 2.05) is 86.7 Å². The molecule has 0 saturated heterocycles. The van der Waals surface area contributed by atoms with Gasteiger partial charge in [-0.05, 0) is 121 Å². The standard InChI is InChI=1S/2C13H16.C11H12O2.2C11H12.C10H10O2/c1-3-4-5-6-9-13-10-7-8-12(2)11-13;1-3-4-5-6-7-13-10-8-12(2)9-11-13;1-8(2)11(12)13-10-6-4-9(3)5-7-10;1-3-4-7-11-8-5-6-10(2)9-11;1-3-4-5-11-8-6-10(2)7-9-11;1-3-10(11)12-9-6-4-8(2)5-7-9/h3-5,7-8,10-11H,1,6,9H2,2H3;3-5,8-11H,1,6-7H2,2H3;4-7H,1H2,2-3H3;2*3-9H,1H2,2H3;3-7H,1H2,2H3/b2*5-4+;;7-4+;5-4+;. The molecule has 4 heteroatoms. The second-order valence-corrected chi connectivity index (χ2v) is 16.8. The number of benzene rings is 6. The SMILES string of the molecule is C=C(C)C(=O)Oc1ccc(C)cc1.C=C/C=C/CCc1ccc(C)cc1.C=C/C=C/CCc1cccc(C)c1.C=C/C=C/c1ccc(C)cc1.C=C/C=C/c1cccc(C)c1.C=CC(=O)Oc1ccc(C)cc1. The summed E-state index contributed by atoms with van der Waals surface area (Å²) in [6.07, 6.45) is 29.0. The quantitative estimate of drug-likeness (QED) is 0.0420. The van der Waals surface area contributed by atoms with Crippen molar-refractivity contribution in [2.45, 2.75) is 74.1 Å². The Morgan fingerprint density at radius 2 is 0.849 bits per heavy atom. The average Bonchev–Trinajstić information content (AvgIpc) is 3.38. The maximum absolute atomic E-state index is 11.1. The third kappa shape index (κ3) is 33.0. The van der Waals surface area contributed by atoms with Gasteiger partial charge in [-0.1, -0.05) is 267 Å². The molecule has 0 aliphatic carbocycles. The van der Waals surface area contributed by atoms with E-state index in [0.29, 0.717) is 17.1 Å². The Bertz CT molecular complexity index is 2690. The summed E-state index contributed by atoms with van der Waals surface area (Å²) in [6.45, 7) is 35.3. The van der Waals surface area contributed by atoms with Gasteiger partial charge < -0.3 is 9.47 Å². The molecular formula is C69H78O4. The third-order valence-corrected chi connectivity index (χ3v) is 9.90. The van der Waals surface area contributed by atoms with Gasteiger partial charge in [0.2, 0.25) is 0 Å². The van der Waals surface area contributed by atoms with Crippen molar-refractivity contribution < 1.29 is 19.1 Å². The zero-order chi connectivity index (χ0) is 54.1. The average molecular weight is 971 g/mol. The summed E-state index contributed by atoms with van der Waals surface area (Å²) in [5.74, 6) is 0.284. The normalized spacial score (nSPS) is 10.0. The second kappa shape index (κ2) is 39.4. The lowest BCUT2D eigenvalue weighted by Crippen LogP contribution is -2.07. The van der Waals surface area contributed by atoms with Crippen LogP contribution in [0.1, 0.15) is 75.4 Å². The molecular weight excluding hydrogens is 893 g/mol. The Balaban J connectivity index is 0.000000439. The maximum atomic E-state index is 11.1. The fourth-order valence-corrected chi connectivity index (χ4v) is 5.88. The fourth-order valence-electron chi connectivity index (χ4n) is 5.88. The Labute approximate surface area is 439 Å². The van der Waals surface area contributed by atoms with Gasteiger partial charge in [-0.15, -0.1) is 0 Å². The molecule has 0 spiro atoms. The van der Waals surface area contributed by atoms with Crippen LogP contribution in [0.3, 0.4) is 0 Å². The van der Waals surface area contributed by atoms with Gasteiger partial charge in [0.25, 0.3) is 0 Å². The highest BCUT2D eigenvalue weighted by Crippen LogP contribution is 2.14. The zero-order valence-electron chi connectivity index (χ0n) is 44.6. The highest BCUT2D eigenvalue weighted by molar-refractivity contribution is 5.88. The molecule has 0 radical (unpaired) electrons. The van der Waals surface area contributed by atoms with Gasteiger partial charge in [0.05, 0.1) is 0 Å². The van der Waals surface area contributed by atoms with Crippen molar-refractivity contribution in [1.29, 1.82) is 0 Å². The maximum Gasteiger partial charge on any atom is 0.338 e. The molecule has 0 N–H and O–H groups in total. The van der Waals surface area contributed by atoms with Crippen LogP contribution in [0.15, 0.2) is 257 Å². The fraction of sp³-hybridized carbons (Fsp3) is 0.159. The first-order valence-electron chi connectivity index (χ1n) is 24.4. The molecule has 4 nitrogen and oxygen atoms in total. The molecule has 0 saturated carbocycles. The summed E-state index contributed by atoms with van der Waals surface area (Å²) in [5, 5.41) is 0. The van der Waals surface area contributed by atoms with E-state index in [1.165, 1.54) is 44.5 Å². The van der Waals surface area contributed by atoms with Crippen LogP contribution in [-0.2, 0) is 22.4 Å². The summed E-state index contributed by atoms with van der Waals surface area (Å²) in [5.41, 5.74) is 13.2. The summed E-state index contributed by atoms with van der Waals surface area (Å²) < 4.78 is 9.85. The molecule has 0 heterocycles. The van der Waals surface area contributed by atoms with Gasteiger partial charge in [-0.25, -0.2) is 9.59 Å². The van der Waals surface area contributed by atoms with E-state index in [-0.39, 0.29) is 5.97 Å². The number of hydrogen-bond acceptors (Lipinski definition) is 4. The smallest absolute Gasteiger partial charge is 0.338 e. The molecule has 0 aromatic heterocycles. The number of allylic oxidation sites excluding steroid dienone is 10. The molecule has 73 heavy (non-hydrogen) atoms. The van der Waals surface area contributed by atoms with Crippen molar-refractivity contribution in [1.82, 2.24) is 0 Å². The van der Waals surface area contributed by atoms with Crippen molar-refractivity contribution in [3.63, 3.8) is 0 Å². The minimum Gasteiger partial charge on any atom is -0.423 e. The lowest BCUT2D eigenvalue weighted by molar-refractivity contribution is -0.130. The van der Waals surface area contributed by atoms with Crippen molar-refractivity contribution in [3.05, 3.63) is 313 Å². The second-order valence-electron chi connectivity index (χ2n) is 16.8. The van der Waals surface area contributed by atoms with Crippen LogP contribution in [0.4, 0.5) is 0 Å². The van der Waals surface area contributed by atoms with E-state index >= 15 is 0 Å². The molecule has 0 amide bonds. The molecule has 0 aliphatic heterocycles. The van der Waals surface area contributed by atoms with Crippen LogP contribution in [0.5, 0.6) is 11.5 Å². The van der Waals surface area contributed by atoms with Crippen LogP contribution < -0.4 is 9.47 Å². The first-order valence-corrected chi connectivity index (χ1v) is 24.4. The molecule has 378 valence electrons. The van der Waals surface area contributed by atoms with Crippen molar-refractivity contribution in [3.8, 4) is 11.5 Å². The highest BCUT2D eigenvalue weighted by atomic mass is 16.5. The zero-order valence-corrected chi connectivity index (χ0v) is 44.6. The number of carbonyl (C=O) groups excluding carboxylic acids is 2. The van der Waals surface area contributed by atoms with Crippen molar-refractivity contribution >= 4 is 24.1 Å². The van der Waals surface area contributed by atoms with Gasteiger partial charge >= 0.3 is 11.9 Å². The van der Waals surface area contributed by atoms with Crippen LogP contribution in [0, 0.1) is 41.5 Å². The largest absolute Gasteiger partial charge is 0.423 e. The summed E-state index contributed by atoms with van der Waals surface area (Å²) in [6, 6.07) is 48.7. The lowest BCUT2D eigenvalue weighted by atomic mass is 10.1. The van der Waals surface area contributed by atoms with Crippen LogP contribution in [0.25, 0.3) is 12.2 Å². The molecule has 6 aromatic rings. The molecule has 0 aliphatic rings. The first-order chi connectivity index (χ1) is 35.1. The van der Waals surface area contributed by atoms with E-state index in [0.717, 1.165) is 42.9 Å². The number of ether oxygens (including phenoxy) is 2. The van der Waals surface area contributed by atoms with Crippen LogP contribution >= 0.6 is 0 Å². The summed E-state index contributed by atoms with van der Waals surface area (Å²) in [7, 11) is 0. The van der Waals surface area contributed by atoms with Gasteiger partial charge in [-0.3, -0.25) is 0 Å². The molecule has 0 atom stereocenters. The minimum absolute atomic E-state index is 0.385. The summed E-state index contributed by atoms with van der Waals surface area (Å²) >= 11 is 0. The number of carbonyl (C=O) groups is 2. The molecule has 6 aromatic carbocycles. The predicted octanol–water partition coefficient (Wildman–Crippen LogP) is 18.3. The third-order valence-electron chi connectivity index (χ3n) is 9.90. The minimum atomic E-state index is -0.432. The molecule has 0 bridgehead atoms. The highest BCUT2D eigenvalue weighted by Gasteiger charge is 2.04. The number of esters is 2. The Morgan fingerprint density at radius 3 is 1.29 bits per heavy atom.